The Morgan fingerprint density at radius 3 is 2.41 bits per heavy atom. The van der Waals surface area contributed by atoms with E-state index >= 15 is 0 Å². The average molecular weight is 405 g/mol. The summed E-state index contributed by atoms with van der Waals surface area (Å²) in [6, 6.07) is 7.84. The third kappa shape index (κ3) is 5.22. The molecule has 1 fully saturated rings. The maximum absolute atomic E-state index is 14.8. The predicted molar refractivity (Wildman–Crippen MR) is 112 cm³/mol. The van der Waals surface area contributed by atoms with Crippen molar-refractivity contribution in [1.29, 1.82) is 0 Å². The highest BCUT2D eigenvalue weighted by molar-refractivity contribution is 5.65. The molecule has 1 nitrogen and oxygen atoms in total. The molecule has 0 spiro atoms. The van der Waals surface area contributed by atoms with E-state index in [0.29, 0.717) is 29.7 Å². The van der Waals surface area contributed by atoms with Gasteiger partial charge in [-0.1, -0.05) is 63.8 Å². The summed E-state index contributed by atoms with van der Waals surface area (Å²) in [7, 11) is 0. The van der Waals surface area contributed by atoms with E-state index in [1.54, 1.807) is 24.3 Å². The second-order valence-electron chi connectivity index (χ2n) is 8.11. The van der Waals surface area contributed by atoms with Crippen LogP contribution >= 0.6 is 0 Å². The van der Waals surface area contributed by atoms with E-state index < -0.39 is 11.6 Å². The summed E-state index contributed by atoms with van der Waals surface area (Å²) in [4.78, 5) is 0. The van der Waals surface area contributed by atoms with Crippen LogP contribution < -0.4 is 0 Å². The summed E-state index contributed by atoms with van der Waals surface area (Å²) in [6.45, 7) is 4.62. The summed E-state index contributed by atoms with van der Waals surface area (Å²) < 4.78 is 49.6. The monoisotopic (exact) mass is 404 g/mol. The van der Waals surface area contributed by atoms with Crippen molar-refractivity contribution < 1.29 is 17.9 Å². The molecule has 4 heteroatoms. The van der Waals surface area contributed by atoms with Gasteiger partial charge in [-0.25, -0.2) is 13.2 Å². The summed E-state index contributed by atoms with van der Waals surface area (Å²) >= 11 is 0. The Bertz CT molecular complexity index is 810. The number of aryl methyl sites for hydroxylation is 1. The van der Waals surface area contributed by atoms with E-state index in [-0.39, 0.29) is 23.4 Å². The lowest BCUT2D eigenvalue weighted by atomic mass is 9.88. The van der Waals surface area contributed by atoms with Gasteiger partial charge in [0.1, 0.15) is 5.82 Å². The normalized spacial score (nSPS) is 19.5. The second kappa shape index (κ2) is 10.3. The van der Waals surface area contributed by atoms with Crippen LogP contribution in [0.2, 0.25) is 0 Å². The zero-order valence-corrected chi connectivity index (χ0v) is 17.4. The van der Waals surface area contributed by atoms with Crippen molar-refractivity contribution >= 4 is 0 Å². The molecule has 29 heavy (non-hydrogen) atoms. The average Bonchev–Trinajstić information content (AvgIpc) is 2.72. The minimum atomic E-state index is -0.904. The third-order valence-electron chi connectivity index (χ3n) is 5.93. The third-order valence-corrected chi connectivity index (χ3v) is 5.93. The van der Waals surface area contributed by atoms with E-state index in [4.69, 9.17) is 4.74 Å². The maximum atomic E-state index is 14.8. The quantitative estimate of drug-likeness (QED) is 0.412. The largest absolute Gasteiger partial charge is 0.378 e. The first-order valence-corrected chi connectivity index (χ1v) is 10.9. The molecule has 2 atom stereocenters. The maximum Gasteiger partial charge on any atom is 0.166 e. The SMILES string of the molecule is CCCCCC1CCC(c2ccc(-c3ccc(CCC)c(F)c3F)cc2F)CO1. The standard InChI is InChI=1S/C25H31F3O/c1-3-5-6-8-20-12-9-19(16-29-20)21-13-11-18(15-23(21)26)22-14-10-17(7-4-2)24(27)25(22)28/h10-11,13-15,19-20H,3-9,12,16H2,1-2H3. The Balaban J connectivity index is 1.71. The number of hydrogen-bond donors (Lipinski definition) is 0. The van der Waals surface area contributed by atoms with E-state index in [1.807, 2.05) is 6.92 Å². The molecular formula is C25H31F3O. The zero-order valence-electron chi connectivity index (χ0n) is 17.4. The van der Waals surface area contributed by atoms with Crippen LogP contribution in [0.3, 0.4) is 0 Å². The van der Waals surface area contributed by atoms with Crippen molar-refractivity contribution in [3.05, 3.63) is 58.9 Å². The van der Waals surface area contributed by atoms with Gasteiger partial charge in [-0.15, -0.1) is 0 Å². The molecular weight excluding hydrogens is 373 g/mol. The Morgan fingerprint density at radius 2 is 1.76 bits per heavy atom. The Morgan fingerprint density at radius 1 is 0.931 bits per heavy atom. The van der Waals surface area contributed by atoms with Crippen LogP contribution in [0, 0.1) is 17.5 Å². The Labute approximate surface area is 172 Å². The molecule has 1 aliphatic heterocycles. The minimum Gasteiger partial charge on any atom is -0.378 e. The van der Waals surface area contributed by atoms with Gasteiger partial charge in [-0.3, -0.25) is 0 Å². The molecule has 0 saturated carbocycles. The summed E-state index contributed by atoms with van der Waals surface area (Å²) in [5, 5.41) is 0. The molecule has 0 aliphatic carbocycles. The van der Waals surface area contributed by atoms with Gasteiger partial charge in [0.25, 0.3) is 0 Å². The minimum absolute atomic E-state index is 0.0139. The zero-order chi connectivity index (χ0) is 20.8. The van der Waals surface area contributed by atoms with Crippen molar-refractivity contribution in [2.24, 2.45) is 0 Å². The molecule has 1 aliphatic rings. The summed E-state index contributed by atoms with van der Waals surface area (Å²) in [5.41, 5.74) is 1.42. The first kappa shape index (κ1) is 21.9. The van der Waals surface area contributed by atoms with Gasteiger partial charge in [0.2, 0.25) is 0 Å². The van der Waals surface area contributed by atoms with Gasteiger partial charge in [0.15, 0.2) is 11.6 Å². The van der Waals surface area contributed by atoms with Crippen LogP contribution in [-0.2, 0) is 11.2 Å². The molecule has 0 bridgehead atoms. The number of rotatable bonds is 8. The highest BCUT2D eigenvalue weighted by Crippen LogP contribution is 2.34. The lowest BCUT2D eigenvalue weighted by Crippen LogP contribution is -2.25. The molecule has 3 rings (SSSR count). The van der Waals surface area contributed by atoms with Gasteiger partial charge in [-0.2, -0.15) is 0 Å². The smallest absolute Gasteiger partial charge is 0.166 e. The number of benzene rings is 2. The molecule has 2 unspecified atom stereocenters. The van der Waals surface area contributed by atoms with Crippen LogP contribution in [0.1, 0.15) is 75.8 Å². The fourth-order valence-corrected chi connectivity index (χ4v) is 4.20. The molecule has 2 aromatic rings. The molecule has 158 valence electrons. The van der Waals surface area contributed by atoms with E-state index in [9.17, 15) is 13.2 Å². The topological polar surface area (TPSA) is 9.23 Å². The molecule has 0 amide bonds. The van der Waals surface area contributed by atoms with Crippen LogP contribution in [0.4, 0.5) is 13.2 Å². The molecule has 2 aromatic carbocycles. The summed E-state index contributed by atoms with van der Waals surface area (Å²) in [5.74, 6) is -2.10. The van der Waals surface area contributed by atoms with Gasteiger partial charge in [0.05, 0.1) is 12.7 Å². The number of hydrogen-bond acceptors (Lipinski definition) is 1. The van der Waals surface area contributed by atoms with Crippen molar-refractivity contribution in [3.63, 3.8) is 0 Å². The number of halogens is 3. The van der Waals surface area contributed by atoms with E-state index in [2.05, 4.69) is 6.92 Å². The Kier molecular flexibility index (Phi) is 7.77. The van der Waals surface area contributed by atoms with Crippen molar-refractivity contribution in [3.8, 4) is 11.1 Å². The molecule has 0 radical (unpaired) electrons. The predicted octanol–water partition coefficient (Wildman–Crippen LogP) is 7.57. The van der Waals surface area contributed by atoms with Crippen molar-refractivity contribution in [2.45, 2.75) is 77.2 Å². The van der Waals surface area contributed by atoms with Crippen molar-refractivity contribution in [2.75, 3.05) is 6.61 Å². The highest BCUT2D eigenvalue weighted by Gasteiger charge is 2.25. The van der Waals surface area contributed by atoms with Crippen LogP contribution in [0.25, 0.3) is 11.1 Å². The molecule has 1 saturated heterocycles. The van der Waals surface area contributed by atoms with Crippen LogP contribution in [0.5, 0.6) is 0 Å². The highest BCUT2D eigenvalue weighted by atomic mass is 19.2. The second-order valence-corrected chi connectivity index (χ2v) is 8.11. The summed E-state index contributed by atoms with van der Waals surface area (Å²) in [6.07, 6.45) is 7.98. The first-order chi connectivity index (χ1) is 14.0. The van der Waals surface area contributed by atoms with Crippen LogP contribution in [0.15, 0.2) is 30.3 Å². The van der Waals surface area contributed by atoms with Gasteiger partial charge in [0, 0.05) is 11.5 Å². The van der Waals surface area contributed by atoms with Gasteiger partial charge < -0.3 is 4.74 Å². The van der Waals surface area contributed by atoms with Crippen molar-refractivity contribution in [1.82, 2.24) is 0 Å². The van der Waals surface area contributed by atoms with Gasteiger partial charge in [-0.05, 0) is 48.4 Å². The van der Waals surface area contributed by atoms with E-state index in [0.717, 1.165) is 25.7 Å². The number of ether oxygens (including phenoxy) is 1. The van der Waals surface area contributed by atoms with E-state index in [1.165, 1.54) is 25.3 Å². The fraction of sp³-hybridized carbons (Fsp3) is 0.520. The number of unbranched alkanes of at least 4 members (excludes halogenated alkanes) is 2. The first-order valence-electron chi connectivity index (χ1n) is 10.9. The molecule has 1 heterocycles. The lowest BCUT2D eigenvalue weighted by Gasteiger charge is -2.29. The Hall–Kier alpha value is -1.81. The van der Waals surface area contributed by atoms with Crippen LogP contribution in [-0.4, -0.2) is 12.7 Å². The molecule has 0 N–H and O–H groups in total. The fourth-order valence-electron chi connectivity index (χ4n) is 4.20. The molecule has 0 aromatic heterocycles. The lowest BCUT2D eigenvalue weighted by molar-refractivity contribution is -0.00267. The van der Waals surface area contributed by atoms with Gasteiger partial charge >= 0.3 is 0 Å².